The lowest BCUT2D eigenvalue weighted by Gasteiger charge is -2.36. The molecule has 6 aromatic rings. The van der Waals surface area contributed by atoms with Crippen molar-refractivity contribution in [3.8, 4) is 0 Å². The Morgan fingerprint density at radius 3 is 1.30 bits per heavy atom. The number of nitrogens with one attached hydrogen (secondary N) is 2. The topological polar surface area (TPSA) is 148 Å². The molecular formula is C45H42N6O5. The van der Waals surface area contributed by atoms with Gasteiger partial charge in [0.25, 0.3) is 11.8 Å². The maximum atomic E-state index is 15.2. The SMILES string of the molecule is O=C(Nc1ccccn1)c1cccc(CN2C(=O)N(Cc3cccc(C(=O)Nc4ccccn4)c3)[C@H](Cc3ccccc3)[C@H](O)[C@@H](O)[C@H]2Cc2ccccc2)c1. The van der Waals surface area contributed by atoms with Crippen LogP contribution in [0, 0.1) is 0 Å². The number of hydrogen-bond donors (Lipinski definition) is 4. The van der Waals surface area contributed by atoms with Gasteiger partial charge in [0.1, 0.15) is 23.8 Å². The van der Waals surface area contributed by atoms with Gasteiger partial charge in [0.05, 0.1) is 12.1 Å². The molecule has 3 heterocycles. The predicted molar refractivity (Wildman–Crippen MR) is 214 cm³/mol. The van der Waals surface area contributed by atoms with Crippen LogP contribution in [0.5, 0.6) is 0 Å². The highest BCUT2D eigenvalue weighted by Crippen LogP contribution is 2.30. The van der Waals surface area contributed by atoms with Gasteiger partial charge in [0.2, 0.25) is 0 Å². The van der Waals surface area contributed by atoms with Crippen LogP contribution in [0.1, 0.15) is 43.0 Å². The highest BCUT2D eigenvalue weighted by atomic mass is 16.3. The molecule has 0 unspecified atom stereocenters. The van der Waals surface area contributed by atoms with Crippen LogP contribution in [0.2, 0.25) is 0 Å². The molecule has 0 saturated carbocycles. The second kappa shape index (κ2) is 17.6. The molecular weight excluding hydrogens is 705 g/mol. The standard InChI is InChI=1S/C45H42N6O5/c52-41-37(27-31-13-3-1-4-14-31)50(29-33-17-11-19-35(25-33)43(54)48-39-21-7-9-23-46-39)45(56)51(38(42(41)53)28-32-15-5-2-6-16-32)30-34-18-12-20-36(26-34)44(55)49-40-22-8-10-24-47-40/h1-26,37-38,41-42,52-53H,27-30H2,(H,46,48,54)(H,47,49,55)/t37-,38-,41+,42+/m1/s1. The van der Waals surface area contributed by atoms with Crippen molar-refractivity contribution in [2.75, 3.05) is 10.6 Å². The summed E-state index contributed by atoms with van der Waals surface area (Å²) < 4.78 is 0. The lowest BCUT2D eigenvalue weighted by molar-refractivity contribution is -0.0408. The molecule has 7 rings (SSSR count). The number of aliphatic hydroxyl groups is 2. The number of carbonyl (C=O) groups is 3. The average molecular weight is 747 g/mol. The number of benzene rings is 4. The number of aromatic nitrogens is 2. The Balaban J connectivity index is 1.25. The summed E-state index contributed by atoms with van der Waals surface area (Å²) in [6.07, 6.45) is 1.02. The van der Waals surface area contributed by atoms with Crippen molar-refractivity contribution in [3.63, 3.8) is 0 Å². The van der Waals surface area contributed by atoms with Crippen molar-refractivity contribution < 1.29 is 24.6 Å². The number of amides is 4. The number of aliphatic hydroxyl groups excluding tert-OH is 2. The number of rotatable bonds is 12. The van der Waals surface area contributed by atoms with Gasteiger partial charge in [-0.05, 0) is 83.6 Å². The van der Waals surface area contributed by atoms with Crippen LogP contribution in [0.3, 0.4) is 0 Å². The summed E-state index contributed by atoms with van der Waals surface area (Å²) in [7, 11) is 0. The van der Waals surface area contributed by atoms with Crippen molar-refractivity contribution in [1.29, 1.82) is 0 Å². The first kappa shape index (κ1) is 37.6. The second-order valence-electron chi connectivity index (χ2n) is 13.8. The minimum Gasteiger partial charge on any atom is -0.388 e. The molecule has 2 aromatic heterocycles. The van der Waals surface area contributed by atoms with E-state index in [0.717, 1.165) is 11.1 Å². The lowest BCUT2D eigenvalue weighted by atomic mass is 9.90. The van der Waals surface area contributed by atoms with E-state index in [1.54, 1.807) is 95.0 Å². The van der Waals surface area contributed by atoms with Gasteiger partial charge in [-0.3, -0.25) is 9.59 Å². The van der Waals surface area contributed by atoms with Crippen LogP contribution in [-0.4, -0.2) is 72.1 Å². The summed E-state index contributed by atoms with van der Waals surface area (Å²) in [6.45, 7) is 0.0673. The van der Waals surface area contributed by atoms with Crippen molar-refractivity contribution in [1.82, 2.24) is 19.8 Å². The van der Waals surface area contributed by atoms with Gasteiger partial charge in [-0.1, -0.05) is 97.1 Å². The first-order chi connectivity index (χ1) is 27.3. The number of anilines is 2. The van der Waals surface area contributed by atoms with Crippen LogP contribution in [0.15, 0.2) is 158 Å². The Hall–Kier alpha value is -6.69. The maximum absolute atomic E-state index is 15.2. The minimum absolute atomic E-state index is 0.0336. The van der Waals surface area contributed by atoms with E-state index in [0.29, 0.717) is 33.9 Å². The Bertz CT molecular complexity index is 2090. The third-order valence-corrected chi connectivity index (χ3v) is 9.90. The third kappa shape index (κ3) is 9.15. The zero-order chi connectivity index (χ0) is 38.9. The molecule has 0 bridgehead atoms. The van der Waals surface area contributed by atoms with E-state index in [9.17, 15) is 19.8 Å². The molecule has 4 atom stereocenters. The van der Waals surface area contributed by atoms with Gasteiger partial charge >= 0.3 is 6.03 Å². The summed E-state index contributed by atoms with van der Waals surface area (Å²) >= 11 is 0. The molecule has 1 fully saturated rings. The van der Waals surface area contributed by atoms with E-state index in [1.165, 1.54) is 0 Å². The van der Waals surface area contributed by atoms with Gasteiger partial charge in [-0.25, -0.2) is 14.8 Å². The number of urea groups is 1. The highest BCUT2D eigenvalue weighted by Gasteiger charge is 2.46. The highest BCUT2D eigenvalue weighted by molar-refractivity contribution is 6.04. The van der Waals surface area contributed by atoms with Crippen LogP contribution in [0.25, 0.3) is 0 Å². The molecule has 4 amide bonds. The largest absolute Gasteiger partial charge is 0.388 e. The lowest BCUT2D eigenvalue weighted by Crippen LogP contribution is -2.50. The number of hydrogen-bond acceptors (Lipinski definition) is 7. The van der Waals surface area contributed by atoms with Crippen molar-refractivity contribution in [2.45, 2.75) is 50.2 Å². The average Bonchev–Trinajstić information content (AvgIpc) is 3.29. The molecule has 11 heteroatoms. The zero-order valence-electron chi connectivity index (χ0n) is 30.6. The molecule has 1 saturated heterocycles. The van der Waals surface area contributed by atoms with Gasteiger partial charge in [0.15, 0.2) is 0 Å². The predicted octanol–water partition coefficient (Wildman–Crippen LogP) is 6.36. The Kier molecular flexibility index (Phi) is 11.8. The van der Waals surface area contributed by atoms with Gasteiger partial charge < -0.3 is 30.6 Å². The van der Waals surface area contributed by atoms with E-state index < -0.39 is 30.3 Å². The Morgan fingerprint density at radius 1 is 0.518 bits per heavy atom. The van der Waals surface area contributed by atoms with E-state index in [4.69, 9.17) is 0 Å². The summed E-state index contributed by atoms with van der Waals surface area (Å²) in [5, 5.41) is 29.9. The Morgan fingerprint density at radius 2 is 0.911 bits per heavy atom. The number of carbonyl (C=O) groups excluding carboxylic acids is 3. The molecule has 4 N–H and O–H groups in total. The normalized spacial score (nSPS) is 18.2. The zero-order valence-corrected chi connectivity index (χ0v) is 30.6. The van der Waals surface area contributed by atoms with Crippen LogP contribution >= 0.6 is 0 Å². The first-order valence-electron chi connectivity index (χ1n) is 18.5. The van der Waals surface area contributed by atoms with Crippen LogP contribution in [0.4, 0.5) is 16.4 Å². The second-order valence-corrected chi connectivity index (χ2v) is 13.8. The molecule has 0 radical (unpaired) electrons. The van der Waals surface area contributed by atoms with Crippen molar-refractivity contribution in [2.24, 2.45) is 0 Å². The van der Waals surface area contributed by atoms with E-state index in [1.807, 2.05) is 72.8 Å². The quantitative estimate of drug-likeness (QED) is 0.114. The van der Waals surface area contributed by atoms with Gasteiger partial charge in [0, 0.05) is 36.6 Å². The molecule has 0 spiro atoms. The maximum Gasteiger partial charge on any atom is 0.321 e. The van der Waals surface area contributed by atoms with Gasteiger partial charge in [-0.2, -0.15) is 0 Å². The first-order valence-corrected chi connectivity index (χ1v) is 18.5. The summed E-state index contributed by atoms with van der Waals surface area (Å²) in [6, 6.07) is 41.4. The number of nitrogens with zero attached hydrogens (tertiary/aromatic N) is 4. The molecule has 0 aliphatic carbocycles. The fourth-order valence-electron chi connectivity index (χ4n) is 7.08. The molecule has 1 aliphatic rings. The van der Waals surface area contributed by atoms with Crippen molar-refractivity contribution in [3.05, 3.63) is 191 Å². The van der Waals surface area contributed by atoms with Crippen molar-refractivity contribution >= 4 is 29.5 Å². The van der Waals surface area contributed by atoms with Crippen LogP contribution in [-0.2, 0) is 25.9 Å². The monoisotopic (exact) mass is 746 g/mol. The van der Waals surface area contributed by atoms with Crippen LogP contribution < -0.4 is 10.6 Å². The summed E-state index contributed by atoms with van der Waals surface area (Å²) in [5.74, 6) is 0.0918. The number of pyridine rings is 2. The summed E-state index contributed by atoms with van der Waals surface area (Å²) in [5.41, 5.74) is 3.81. The molecule has 1 aliphatic heterocycles. The molecule has 4 aromatic carbocycles. The Labute approximate surface area is 325 Å². The van der Waals surface area contributed by atoms with E-state index in [2.05, 4.69) is 20.6 Å². The third-order valence-electron chi connectivity index (χ3n) is 9.90. The molecule has 56 heavy (non-hydrogen) atoms. The van der Waals surface area contributed by atoms with Gasteiger partial charge in [-0.15, -0.1) is 0 Å². The van der Waals surface area contributed by atoms with E-state index >= 15 is 4.79 Å². The fraction of sp³-hybridized carbons (Fsp3) is 0.178. The molecule has 11 nitrogen and oxygen atoms in total. The summed E-state index contributed by atoms with van der Waals surface area (Å²) in [4.78, 5) is 53.4. The smallest absolute Gasteiger partial charge is 0.321 e. The molecule has 282 valence electrons. The minimum atomic E-state index is -1.34. The fourth-order valence-corrected chi connectivity index (χ4v) is 7.08. The van der Waals surface area contributed by atoms with E-state index in [-0.39, 0.29) is 37.7 Å².